The fraction of sp³-hybridized carbons (Fsp3) is 1.00. The normalized spacial score (nSPS) is 23.6. The molecule has 2 saturated carbocycles. The zero-order chi connectivity index (χ0) is 12.1. The van der Waals surface area contributed by atoms with Gasteiger partial charge in [-0.1, -0.05) is 51.9 Å². The summed E-state index contributed by atoms with van der Waals surface area (Å²) in [6.07, 6.45) is 15.5. The summed E-state index contributed by atoms with van der Waals surface area (Å²) in [5, 5.41) is 11.2. The third kappa shape index (κ3) is 3.05. The van der Waals surface area contributed by atoms with Crippen molar-refractivity contribution in [1.29, 1.82) is 0 Å². The van der Waals surface area contributed by atoms with Crippen LogP contribution in [0.5, 0.6) is 0 Å². The third-order valence-corrected chi connectivity index (χ3v) is 5.31. The van der Waals surface area contributed by atoms with E-state index in [4.69, 9.17) is 0 Å². The van der Waals surface area contributed by atoms with Crippen LogP contribution in [-0.2, 0) is 0 Å². The van der Waals surface area contributed by atoms with Crippen molar-refractivity contribution in [2.24, 2.45) is 11.8 Å². The second-order valence-electron chi connectivity index (χ2n) is 6.41. The summed E-state index contributed by atoms with van der Waals surface area (Å²) in [7, 11) is 0. The van der Waals surface area contributed by atoms with Crippen LogP contribution in [0.25, 0.3) is 0 Å². The molecular formula is C16H30O. The van der Waals surface area contributed by atoms with Crippen molar-refractivity contribution in [2.45, 2.75) is 89.6 Å². The molecule has 1 N–H and O–H groups in total. The Morgan fingerprint density at radius 1 is 0.882 bits per heavy atom. The van der Waals surface area contributed by atoms with E-state index in [2.05, 4.69) is 6.92 Å². The molecule has 1 heteroatoms. The quantitative estimate of drug-likeness (QED) is 0.666. The monoisotopic (exact) mass is 238 g/mol. The lowest BCUT2D eigenvalue weighted by Crippen LogP contribution is -2.43. The predicted octanol–water partition coefficient (Wildman–Crippen LogP) is 4.68. The van der Waals surface area contributed by atoms with Gasteiger partial charge in [0.25, 0.3) is 0 Å². The van der Waals surface area contributed by atoms with E-state index in [1.54, 1.807) is 0 Å². The molecule has 0 unspecified atom stereocenters. The van der Waals surface area contributed by atoms with Crippen LogP contribution in [-0.4, -0.2) is 10.7 Å². The first-order chi connectivity index (χ1) is 8.27. The van der Waals surface area contributed by atoms with Gasteiger partial charge in [-0.25, -0.2) is 0 Å². The summed E-state index contributed by atoms with van der Waals surface area (Å²) in [5.74, 6) is 1.25. The van der Waals surface area contributed by atoms with Crippen LogP contribution in [0.2, 0.25) is 0 Å². The highest BCUT2D eigenvalue weighted by atomic mass is 16.3. The van der Waals surface area contributed by atoms with Gasteiger partial charge in [0.05, 0.1) is 5.60 Å². The minimum absolute atomic E-state index is 0.290. The molecule has 2 aliphatic carbocycles. The smallest absolute Gasteiger partial charge is 0.0703 e. The summed E-state index contributed by atoms with van der Waals surface area (Å²) in [6, 6.07) is 0. The predicted molar refractivity (Wildman–Crippen MR) is 73.0 cm³/mol. The molecule has 0 amide bonds. The first-order valence-electron chi connectivity index (χ1n) is 7.99. The average molecular weight is 238 g/mol. The van der Waals surface area contributed by atoms with E-state index in [1.807, 2.05) is 0 Å². The molecule has 0 aromatic carbocycles. The van der Waals surface area contributed by atoms with Gasteiger partial charge in [-0.05, 0) is 43.9 Å². The van der Waals surface area contributed by atoms with Gasteiger partial charge in [0.15, 0.2) is 0 Å². The topological polar surface area (TPSA) is 20.2 Å². The Kier molecular flexibility index (Phi) is 4.90. The Bertz CT molecular complexity index is 196. The molecule has 0 radical (unpaired) electrons. The van der Waals surface area contributed by atoms with Crippen molar-refractivity contribution in [1.82, 2.24) is 0 Å². The fourth-order valence-electron chi connectivity index (χ4n) is 4.25. The maximum absolute atomic E-state index is 11.2. The minimum atomic E-state index is -0.290. The van der Waals surface area contributed by atoms with E-state index in [9.17, 15) is 5.11 Å². The van der Waals surface area contributed by atoms with Crippen molar-refractivity contribution in [3.63, 3.8) is 0 Å². The third-order valence-electron chi connectivity index (χ3n) is 5.31. The minimum Gasteiger partial charge on any atom is -0.389 e. The van der Waals surface area contributed by atoms with E-state index in [0.29, 0.717) is 11.8 Å². The lowest BCUT2D eigenvalue weighted by atomic mass is 9.72. The standard InChI is InChI=1S/C16H30O/c1-2-3-8-13-16(17,14-9-4-5-10-14)15-11-6-7-12-15/h14-15,17H,2-13H2,1H3. The van der Waals surface area contributed by atoms with Gasteiger partial charge in [-0.15, -0.1) is 0 Å². The highest BCUT2D eigenvalue weighted by molar-refractivity contribution is 4.96. The Labute approximate surface area is 107 Å². The number of unbranched alkanes of at least 4 members (excludes halogenated alkanes) is 2. The van der Waals surface area contributed by atoms with Crippen LogP contribution in [0.15, 0.2) is 0 Å². The van der Waals surface area contributed by atoms with Crippen LogP contribution >= 0.6 is 0 Å². The molecule has 2 rings (SSSR count). The molecular weight excluding hydrogens is 208 g/mol. The van der Waals surface area contributed by atoms with Crippen LogP contribution in [0, 0.1) is 11.8 Å². The lowest BCUT2D eigenvalue weighted by Gasteiger charge is -2.40. The van der Waals surface area contributed by atoms with Gasteiger partial charge in [-0.2, -0.15) is 0 Å². The van der Waals surface area contributed by atoms with Crippen molar-refractivity contribution < 1.29 is 5.11 Å². The summed E-state index contributed by atoms with van der Waals surface area (Å²) < 4.78 is 0. The Morgan fingerprint density at radius 2 is 1.35 bits per heavy atom. The summed E-state index contributed by atoms with van der Waals surface area (Å²) in [5.41, 5.74) is -0.290. The van der Waals surface area contributed by atoms with Gasteiger partial charge >= 0.3 is 0 Å². The van der Waals surface area contributed by atoms with E-state index < -0.39 is 0 Å². The number of rotatable bonds is 6. The molecule has 0 heterocycles. The fourth-order valence-corrected chi connectivity index (χ4v) is 4.25. The Balaban J connectivity index is 1.98. The molecule has 2 aliphatic rings. The van der Waals surface area contributed by atoms with Gasteiger partial charge in [0.1, 0.15) is 0 Å². The molecule has 1 nitrogen and oxygen atoms in total. The van der Waals surface area contributed by atoms with Crippen LogP contribution < -0.4 is 0 Å². The first-order valence-corrected chi connectivity index (χ1v) is 7.99. The maximum Gasteiger partial charge on any atom is 0.0703 e. The molecule has 0 aromatic rings. The first kappa shape index (κ1) is 13.4. The van der Waals surface area contributed by atoms with Gasteiger partial charge in [0, 0.05) is 0 Å². The summed E-state index contributed by atoms with van der Waals surface area (Å²) in [4.78, 5) is 0. The molecule has 0 saturated heterocycles. The van der Waals surface area contributed by atoms with Crippen LogP contribution in [0.1, 0.15) is 84.0 Å². The largest absolute Gasteiger partial charge is 0.389 e. The van der Waals surface area contributed by atoms with E-state index in [-0.39, 0.29) is 5.60 Å². The molecule has 2 fully saturated rings. The number of hydrogen-bond acceptors (Lipinski definition) is 1. The maximum atomic E-state index is 11.2. The highest BCUT2D eigenvalue weighted by Crippen LogP contribution is 2.46. The van der Waals surface area contributed by atoms with Gasteiger partial charge in [0.2, 0.25) is 0 Å². The zero-order valence-corrected chi connectivity index (χ0v) is 11.6. The van der Waals surface area contributed by atoms with Crippen molar-refractivity contribution in [2.75, 3.05) is 0 Å². The molecule has 0 bridgehead atoms. The van der Waals surface area contributed by atoms with Crippen molar-refractivity contribution in [3.05, 3.63) is 0 Å². The Morgan fingerprint density at radius 3 is 1.76 bits per heavy atom. The van der Waals surface area contributed by atoms with Gasteiger partial charge in [-0.3, -0.25) is 0 Å². The van der Waals surface area contributed by atoms with Crippen molar-refractivity contribution in [3.8, 4) is 0 Å². The SMILES string of the molecule is CCCCCC(O)(C1CCCC1)C1CCCC1. The summed E-state index contributed by atoms with van der Waals surface area (Å²) in [6.45, 7) is 2.25. The molecule has 0 aliphatic heterocycles. The average Bonchev–Trinajstić information content (AvgIpc) is 3.02. The molecule has 17 heavy (non-hydrogen) atoms. The number of aliphatic hydroxyl groups is 1. The molecule has 0 atom stereocenters. The molecule has 0 aromatic heterocycles. The van der Waals surface area contributed by atoms with Crippen LogP contribution in [0.4, 0.5) is 0 Å². The van der Waals surface area contributed by atoms with E-state index in [0.717, 1.165) is 6.42 Å². The highest BCUT2D eigenvalue weighted by Gasteiger charge is 2.44. The lowest BCUT2D eigenvalue weighted by molar-refractivity contribution is -0.0746. The Hall–Kier alpha value is -0.0400. The molecule has 100 valence electrons. The van der Waals surface area contributed by atoms with Crippen molar-refractivity contribution >= 4 is 0 Å². The van der Waals surface area contributed by atoms with Crippen LogP contribution in [0.3, 0.4) is 0 Å². The second-order valence-corrected chi connectivity index (χ2v) is 6.41. The van der Waals surface area contributed by atoms with Gasteiger partial charge < -0.3 is 5.11 Å². The van der Waals surface area contributed by atoms with E-state index >= 15 is 0 Å². The molecule has 0 spiro atoms. The number of hydrogen-bond donors (Lipinski definition) is 1. The summed E-state index contributed by atoms with van der Waals surface area (Å²) >= 11 is 0. The second kappa shape index (κ2) is 6.22. The zero-order valence-electron chi connectivity index (χ0n) is 11.6. The van der Waals surface area contributed by atoms with E-state index in [1.165, 1.54) is 70.6 Å².